The van der Waals surface area contributed by atoms with E-state index in [4.69, 9.17) is 0 Å². The summed E-state index contributed by atoms with van der Waals surface area (Å²) in [5.74, 6) is 0.0780. The van der Waals surface area contributed by atoms with E-state index in [0.717, 1.165) is 30.7 Å². The highest BCUT2D eigenvalue weighted by Crippen LogP contribution is 2.29. The number of nitrogens with one attached hydrogen (secondary N) is 1. The van der Waals surface area contributed by atoms with Gasteiger partial charge in [0.25, 0.3) is 0 Å². The third kappa shape index (κ3) is 2.91. The minimum atomic E-state index is 0.0780. The van der Waals surface area contributed by atoms with Gasteiger partial charge in [-0.3, -0.25) is 14.2 Å². The number of nitrogens with zero attached hydrogens (tertiary/aromatic N) is 4. The van der Waals surface area contributed by atoms with Crippen LogP contribution in [0.15, 0.2) is 12.3 Å². The Labute approximate surface area is 130 Å². The molecule has 1 aliphatic carbocycles. The number of rotatable bonds is 4. The van der Waals surface area contributed by atoms with Crippen molar-refractivity contribution in [3.8, 4) is 0 Å². The first-order valence-electron chi connectivity index (χ1n) is 7.86. The van der Waals surface area contributed by atoms with Gasteiger partial charge in [-0.2, -0.15) is 10.2 Å². The number of hydrogen-bond acceptors (Lipinski definition) is 3. The van der Waals surface area contributed by atoms with Crippen LogP contribution in [0.5, 0.6) is 0 Å². The molecule has 0 saturated heterocycles. The van der Waals surface area contributed by atoms with Crippen LogP contribution in [0.4, 0.5) is 0 Å². The van der Waals surface area contributed by atoms with E-state index >= 15 is 0 Å². The molecule has 0 fully saturated rings. The van der Waals surface area contributed by atoms with Crippen molar-refractivity contribution in [3.63, 3.8) is 0 Å². The van der Waals surface area contributed by atoms with E-state index in [1.165, 1.54) is 11.3 Å². The molecule has 118 valence electrons. The molecule has 1 aliphatic rings. The van der Waals surface area contributed by atoms with Gasteiger partial charge in [0.15, 0.2) is 0 Å². The number of amides is 1. The van der Waals surface area contributed by atoms with Gasteiger partial charge in [-0.15, -0.1) is 0 Å². The second-order valence-corrected chi connectivity index (χ2v) is 6.08. The van der Waals surface area contributed by atoms with E-state index in [2.05, 4.69) is 15.5 Å². The molecule has 2 aromatic rings. The molecule has 1 amide bonds. The summed E-state index contributed by atoms with van der Waals surface area (Å²) in [6, 6.07) is 2.13. The Morgan fingerprint density at radius 3 is 3.00 bits per heavy atom. The summed E-state index contributed by atoms with van der Waals surface area (Å²) in [5, 5.41) is 11.9. The van der Waals surface area contributed by atoms with E-state index in [1.54, 1.807) is 0 Å². The highest BCUT2D eigenvalue weighted by atomic mass is 16.1. The highest BCUT2D eigenvalue weighted by molar-refractivity contribution is 5.76. The molecule has 0 radical (unpaired) electrons. The molecular weight excluding hydrogens is 278 g/mol. The number of carbonyl (C=O) groups excluding carboxylic acids is 1. The van der Waals surface area contributed by atoms with Crippen molar-refractivity contribution in [1.82, 2.24) is 24.9 Å². The van der Waals surface area contributed by atoms with Crippen LogP contribution in [-0.2, 0) is 24.8 Å². The molecule has 0 bridgehead atoms. The third-order valence-electron chi connectivity index (χ3n) is 4.36. The smallest absolute Gasteiger partial charge is 0.222 e. The topological polar surface area (TPSA) is 64.7 Å². The number of hydrogen-bond donors (Lipinski definition) is 1. The van der Waals surface area contributed by atoms with Crippen LogP contribution >= 0.6 is 0 Å². The van der Waals surface area contributed by atoms with Crippen molar-refractivity contribution in [3.05, 3.63) is 34.9 Å². The van der Waals surface area contributed by atoms with Gasteiger partial charge in [0.05, 0.1) is 17.9 Å². The van der Waals surface area contributed by atoms with E-state index in [0.29, 0.717) is 13.0 Å². The molecule has 0 aliphatic heterocycles. The van der Waals surface area contributed by atoms with Gasteiger partial charge in [0.1, 0.15) is 0 Å². The van der Waals surface area contributed by atoms with Gasteiger partial charge >= 0.3 is 0 Å². The molecule has 0 unspecified atom stereocenters. The minimum Gasteiger partial charge on any atom is -0.349 e. The number of carbonyl (C=O) groups is 1. The van der Waals surface area contributed by atoms with Crippen LogP contribution in [-0.4, -0.2) is 25.5 Å². The van der Waals surface area contributed by atoms with E-state index in [-0.39, 0.29) is 11.9 Å². The maximum atomic E-state index is 12.2. The minimum absolute atomic E-state index is 0.0780. The number of aromatic nitrogens is 4. The summed E-state index contributed by atoms with van der Waals surface area (Å²) in [6.45, 7) is 4.61. The molecule has 0 spiro atoms. The Morgan fingerprint density at radius 2 is 2.27 bits per heavy atom. The van der Waals surface area contributed by atoms with Gasteiger partial charge < -0.3 is 5.32 Å². The van der Waals surface area contributed by atoms with Crippen LogP contribution < -0.4 is 5.32 Å². The molecule has 2 aromatic heterocycles. The Bertz CT molecular complexity index is 685. The van der Waals surface area contributed by atoms with Gasteiger partial charge in [0.2, 0.25) is 5.91 Å². The largest absolute Gasteiger partial charge is 0.349 e. The second-order valence-electron chi connectivity index (χ2n) is 6.08. The molecule has 0 saturated carbocycles. The highest BCUT2D eigenvalue weighted by Gasteiger charge is 2.24. The Kier molecular flexibility index (Phi) is 4.00. The van der Waals surface area contributed by atoms with Gasteiger partial charge in [-0.05, 0) is 39.2 Å². The Hall–Kier alpha value is -2.11. The van der Waals surface area contributed by atoms with Crippen LogP contribution in [0.2, 0.25) is 0 Å². The zero-order valence-corrected chi connectivity index (χ0v) is 13.5. The lowest BCUT2D eigenvalue weighted by Crippen LogP contribution is -2.31. The molecule has 6 nitrogen and oxygen atoms in total. The molecule has 22 heavy (non-hydrogen) atoms. The van der Waals surface area contributed by atoms with Crippen LogP contribution in [0.25, 0.3) is 0 Å². The summed E-state index contributed by atoms with van der Waals surface area (Å²) in [4.78, 5) is 12.2. The molecule has 6 heteroatoms. The predicted octanol–water partition coefficient (Wildman–Crippen LogP) is 1.82. The van der Waals surface area contributed by atoms with Crippen molar-refractivity contribution >= 4 is 5.91 Å². The zero-order valence-electron chi connectivity index (χ0n) is 13.5. The summed E-state index contributed by atoms with van der Waals surface area (Å²) in [6.07, 6.45) is 5.47. The normalized spacial score (nSPS) is 17.3. The molecule has 3 rings (SSSR count). The van der Waals surface area contributed by atoms with Crippen molar-refractivity contribution in [1.29, 1.82) is 0 Å². The van der Waals surface area contributed by atoms with Crippen LogP contribution in [0, 0.1) is 13.8 Å². The van der Waals surface area contributed by atoms with Gasteiger partial charge in [0, 0.05) is 37.0 Å². The average molecular weight is 301 g/mol. The van der Waals surface area contributed by atoms with Crippen molar-refractivity contribution < 1.29 is 4.79 Å². The lowest BCUT2D eigenvalue weighted by molar-refractivity contribution is -0.122. The Morgan fingerprint density at radius 1 is 1.45 bits per heavy atom. The van der Waals surface area contributed by atoms with Gasteiger partial charge in [-0.1, -0.05) is 0 Å². The first kappa shape index (κ1) is 14.8. The lowest BCUT2D eigenvalue weighted by Gasteiger charge is -2.23. The molecule has 1 N–H and O–H groups in total. The summed E-state index contributed by atoms with van der Waals surface area (Å²) >= 11 is 0. The number of aryl methyl sites for hydroxylation is 4. The molecule has 2 heterocycles. The fourth-order valence-electron chi connectivity index (χ4n) is 3.23. The van der Waals surface area contributed by atoms with Crippen LogP contribution in [0.1, 0.15) is 47.9 Å². The average Bonchev–Trinajstić information content (AvgIpc) is 3.01. The lowest BCUT2D eigenvalue weighted by atomic mass is 9.93. The van der Waals surface area contributed by atoms with E-state index < -0.39 is 0 Å². The van der Waals surface area contributed by atoms with Crippen LogP contribution in [0.3, 0.4) is 0 Å². The molecule has 0 aromatic carbocycles. The maximum absolute atomic E-state index is 12.2. The second kappa shape index (κ2) is 5.94. The van der Waals surface area contributed by atoms with Gasteiger partial charge in [-0.25, -0.2) is 0 Å². The van der Waals surface area contributed by atoms with Crippen molar-refractivity contribution in [2.45, 2.75) is 52.1 Å². The molecular formula is C16H23N5O. The van der Waals surface area contributed by atoms with E-state index in [1.807, 2.05) is 42.5 Å². The van der Waals surface area contributed by atoms with Crippen molar-refractivity contribution in [2.75, 3.05) is 0 Å². The SMILES string of the molecule is Cc1cc(C)n(CCC(=O)N[C@H]2CCCc3c2cnn3C)n1. The summed E-state index contributed by atoms with van der Waals surface area (Å²) in [7, 11) is 1.96. The Balaban J connectivity index is 1.60. The first-order valence-corrected chi connectivity index (χ1v) is 7.86. The third-order valence-corrected chi connectivity index (χ3v) is 4.36. The van der Waals surface area contributed by atoms with Crippen molar-refractivity contribution in [2.24, 2.45) is 7.05 Å². The maximum Gasteiger partial charge on any atom is 0.222 e. The monoisotopic (exact) mass is 301 g/mol. The fourth-order valence-corrected chi connectivity index (χ4v) is 3.23. The fraction of sp³-hybridized carbons (Fsp3) is 0.562. The summed E-state index contributed by atoms with van der Waals surface area (Å²) in [5.41, 5.74) is 4.51. The summed E-state index contributed by atoms with van der Waals surface area (Å²) < 4.78 is 3.81. The number of fused-ring (bicyclic) bond motifs is 1. The first-order chi connectivity index (χ1) is 10.5. The quantitative estimate of drug-likeness (QED) is 0.937. The molecule has 1 atom stereocenters. The standard InChI is InChI=1S/C16H23N5O/c1-11-9-12(2)21(19-11)8-7-16(22)18-14-5-4-6-15-13(14)10-17-20(15)3/h9-10,14H,4-8H2,1-3H3,(H,18,22)/t14-/m0/s1. The predicted molar refractivity (Wildman–Crippen MR) is 83.3 cm³/mol. The zero-order chi connectivity index (χ0) is 15.7. The van der Waals surface area contributed by atoms with E-state index in [9.17, 15) is 4.79 Å².